The van der Waals surface area contributed by atoms with Crippen molar-refractivity contribution in [3.8, 4) is 5.75 Å². The number of rotatable bonds is 14. The van der Waals surface area contributed by atoms with Gasteiger partial charge in [0.05, 0.1) is 19.1 Å². The van der Waals surface area contributed by atoms with Gasteiger partial charge in [0.25, 0.3) is 0 Å². The highest BCUT2D eigenvalue weighted by Crippen LogP contribution is 2.23. The molecule has 0 unspecified atom stereocenters. The molecule has 3 aromatic rings. The first-order chi connectivity index (χ1) is 19.1. The van der Waals surface area contributed by atoms with E-state index in [4.69, 9.17) is 4.74 Å². The molecule has 1 atom stereocenters. The van der Waals surface area contributed by atoms with Crippen molar-refractivity contribution in [1.82, 2.24) is 10.2 Å². The Morgan fingerprint density at radius 1 is 0.875 bits per heavy atom. The fraction of sp³-hybridized carbons (Fsp3) is 0.355. The van der Waals surface area contributed by atoms with Gasteiger partial charge in [-0.05, 0) is 55.7 Å². The number of benzene rings is 3. The normalized spacial score (nSPS) is 12.0. The molecule has 3 aromatic carbocycles. The van der Waals surface area contributed by atoms with Crippen molar-refractivity contribution in [2.24, 2.45) is 0 Å². The number of sulfonamides is 1. The third kappa shape index (κ3) is 9.12. The Bertz CT molecular complexity index is 1330. The smallest absolute Gasteiger partial charge is 0.243 e. The van der Waals surface area contributed by atoms with Gasteiger partial charge in [0, 0.05) is 32.0 Å². The van der Waals surface area contributed by atoms with Crippen LogP contribution in [-0.2, 0) is 32.6 Å². The van der Waals surface area contributed by atoms with E-state index in [1.165, 1.54) is 4.31 Å². The second-order valence-corrected chi connectivity index (χ2v) is 11.9. The summed E-state index contributed by atoms with van der Waals surface area (Å²) in [5.41, 5.74) is 2.34. The molecule has 0 bridgehead atoms. The molecule has 0 fully saturated rings. The highest BCUT2D eigenvalue weighted by Gasteiger charge is 2.30. The molecule has 3 rings (SSSR count). The van der Waals surface area contributed by atoms with Crippen molar-refractivity contribution in [2.75, 3.05) is 24.2 Å². The number of ether oxygens (including phenoxy) is 1. The van der Waals surface area contributed by atoms with Crippen LogP contribution in [0.1, 0.15) is 37.8 Å². The van der Waals surface area contributed by atoms with Gasteiger partial charge in [-0.1, -0.05) is 60.7 Å². The Kier molecular flexibility index (Phi) is 11.1. The number of hydrogen-bond acceptors (Lipinski definition) is 5. The molecule has 1 N–H and O–H groups in total. The number of nitrogens with one attached hydrogen (secondary N) is 1. The summed E-state index contributed by atoms with van der Waals surface area (Å²) in [7, 11) is -2.04. The quantitative estimate of drug-likeness (QED) is 0.313. The largest absolute Gasteiger partial charge is 0.497 e. The SMILES string of the molecule is COc1ccc(N(CCCC(=O)N(Cc2ccccc2)[C@@H](Cc2ccccc2)C(=O)NC(C)C)S(C)(=O)=O)cc1. The number of anilines is 1. The van der Waals surface area contributed by atoms with Gasteiger partial charge in [0.2, 0.25) is 21.8 Å². The summed E-state index contributed by atoms with van der Waals surface area (Å²) in [5, 5.41) is 2.98. The van der Waals surface area contributed by atoms with Crippen molar-refractivity contribution in [2.45, 2.75) is 51.7 Å². The lowest BCUT2D eigenvalue weighted by molar-refractivity contribution is -0.141. The van der Waals surface area contributed by atoms with Crippen LogP contribution < -0.4 is 14.4 Å². The van der Waals surface area contributed by atoms with Crippen molar-refractivity contribution >= 4 is 27.5 Å². The summed E-state index contributed by atoms with van der Waals surface area (Å²) >= 11 is 0. The molecular weight excluding hydrogens is 526 g/mol. The van der Waals surface area contributed by atoms with Gasteiger partial charge in [-0.15, -0.1) is 0 Å². The zero-order chi connectivity index (χ0) is 29.1. The maximum atomic E-state index is 13.8. The fourth-order valence-electron chi connectivity index (χ4n) is 4.47. The Morgan fingerprint density at radius 3 is 1.98 bits per heavy atom. The van der Waals surface area contributed by atoms with Crippen LogP contribution in [0.15, 0.2) is 84.9 Å². The minimum Gasteiger partial charge on any atom is -0.497 e. The molecule has 9 heteroatoms. The van der Waals surface area contributed by atoms with Crippen LogP contribution in [0.3, 0.4) is 0 Å². The average Bonchev–Trinajstić information content (AvgIpc) is 2.93. The van der Waals surface area contributed by atoms with E-state index in [1.54, 1.807) is 36.3 Å². The maximum Gasteiger partial charge on any atom is 0.243 e. The first-order valence-corrected chi connectivity index (χ1v) is 15.2. The molecule has 0 aliphatic heterocycles. The molecule has 0 spiro atoms. The zero-order valence-corrected chi connectivity index (χ0v) is 24.4. The second kappa shape index (κ2) is 14.5. The van der Waals surface area contributed by atoms with Crippen LogP contribution in [0.5, 0.6) is 5.75 Å². The van der Waals surface area contributed by atoms with E-state index in [1.807, 2.05) is 74.5 Å². The predicted molar refractivity (Wildman–Crippen MR) is 159 cm³/mol. The van der Waals surface area contributed by atoms with Crippen molar-refractivity contribution in [3.05, 3.63) is 96.1 Å². The van der Waals surface area contributed by atoms with E-state index in [2.05, 4.69) is 5.32 Å². The summed E-state index contributed by atoms with van der Waals surface area (Å²) in [4.78, 5) is 28.8. The van der Waals surface area contributed by atoms with Gasteiger partial charge in [0.1, 0.15) is 11.8 Å². The molecule has 0 aliphatic rings. The summed E-state index contributed by atoms with van der Waals surface area (Å²) in [5.74, 6) is 0.180. The Hall–Kier alpha value is -3.85. The molecule has 214 valence electrons. The Morgan fingerprint density at radius 2 is 1.45 bits per heavy atom. The van der Waals surface area contributed by atoms with Gasteiger partial charge >= 0.3 is 0 Å². The molecule has 0 saturated carbocycles. The zero-order valence-electron chi connectivity index (χ0n) is 23.6. The van der Waals surface area contributed by atoms with E-state index >= 15 is 0 Å². The Balaban J connectivity index is 1.84. The summed E-state index contributed by atoms with van der Waals surface area (Å²) in [6.45, 7) is 4.16. The minimum absolute atomic E-state index is 0.0786. The molecule has 0 radical (unpaired) electrons. The molecule has 0 heterocycles. The monoisotopic (exact) mass is 565 g/mol. The first-order valence-electron chi connectivity index (χ1n) is 13.4. The third-order valence-electron chi connectivity index (χ3n) is 6.41. The lowest BCUT2D eigenvalue weighted by atomic mass is 10.0. The highest BCUT2D eigenvalue weighted by atomic mass is 32.2. The van der Waals surface area contributed by atoms with Gasteiger partial charge in [-0.3, -0.25) is 13.9 Å². The van der Waals surface area contributed by atoms with Crippen LogP contribution in [0.4, 0.5) is 5.69 Å². The Labute approximate surface area is 238 Å². The van der Waals surface area contributed by atoms with E-state index in [0.717, 1.165) is 17.4 Å². The maximum absolute atomic E-state index is 13.8. The number of hydrogen-bond donors (Lipinski definition) is 1. The van der Waals surface area contributed by atoms with Gasteiger partial charge in [-0.2, -0.15) is 0 Å². The van der Waals surface area contributed by atoms with E-state index in [0.29, 0.717) is 17.9 Å². The van der Waals surface area contributed by atoms with Crippen molar-refractivity contribution in [3.63, 3.8) is 0 Å². The van der Waals surface area contributed by atoms with Crippen molar-refractivity contribution < 1.29 is 22.7 Å². The summed E-state index contributed by atoms with van der Waals surface area (Å²) in [6.07, 6.45) is 1.87. The number of amides is 2. The molecule has 0 aliphatic carbocycles. The second-order valence-electron chi connectivity index (χ2n) is 10.0. The lowest BCUT2D eigenvalue weighted by Gasteiger charge is -2.32. The van der Waals surface area contributed by atoms with E-state index in [-0.39, 0.29) is 43.8 Å². The topological polar surface area (TPSA) is 96.0 Å². The van der Waals surface area contributed by atoms with Crippen molar-refractivity contribution in [1.29, 1.82) is 0 Å². The molecule has 40 heavy (non-hydrogen) atoms. The summed E-state index contributed by atoms with van der Waals surface area (Å²) < 4.78 is 31.6. The number of nitrogens with zero attached hydrogens (tertiary/aromatic N) is 2. The first kappa shape index (κ1) is 30.7. The van der Waals surface area contributed by atoms with Gasteiger partial charge in [0.15, 0.2) is 0 Å². The molecular formula is C31H39N3O5S. The highest BCUT2D eigenvalue weighted by molar-refractivity contribution is 7.92. The van der Waals surface area contributed by atoms with Crippen LogP contribution >= 0.6 is 0 Å². The average molecular weight is 566 g/mol. The minimum atomic E-state index is -3.58. The van der Waals surface area contributed by atoms with E-state index < -0.39 is 16.1 Å². The number of methoxy groups -OCH3 is 1. The van der Waals surface area contributed by atoms with Crippen LogP contribution in [0.25, 0.3) is 0 Å². The van der Waals surface area contributed by atoms with E-state index in [9.17, 15) is 18.0 Å². The summed E-state index contributed by atoms with van der Waals surface area (Å²) in [6, 6.07) is 25.1. The molecule has 0 saturated heterocycles. The number of carbonyl (C=O) groups excluding carboxylic acids is 2. The predicted octanol–water partition coefficient (Wildman–Crippen LogP) is 4.41. The van der Waals surface area contributed by atoms with Crippen LogP contribution in [0.2, 0.25) is 0 Å². The standard InChI is InChI=1S/C31H39N3O5S/c1-24(2)32-31(36)29(22-25-12-7-5-8-13-25)33(23-26-14-9-6-10-15-26)30(35)16-11-21-34(40(4,37)38)27-17-19-28(39-3)20-18-27/h5-10,12-15,17-20,24,29H,11,16,21-23H2,1-4H3,(H,32,36)/t29-/m0/s1. The molecule has 8 nitrogen and oxygen atoms in total. The van der Waals surface area contributed by atoms with Gasteiger partial charge < -0.3 is 15.0 Å². The molecule has 2 amide bonds. The molecule has 0 aromatic heterocycles. The van der Waals surface area contributed by atoms with Gasteiger partial charge in [-0.25, -0.2) is 8.42 Å². The van der Waals surface area contributed by atoms with Crippen LogP contribution in [-0.4, -0.2) is 57.1 Å². The fourth-order valence-corrected chi connectivity index (χ4v) is 5.43. The van der Waals surface area contributed by atoms with Crippen LogP contribution in [0, 0.1) is 0 Å². The number of carbonyl (C=O) groups is 2. The lowest BCUT2D eigenvalue weighted by Crippen LogP contribution is -2.51. The third-order valence-corrected chi connectivity index (χ3v) is 7.60.